The minimum Gasteiger partial charge on any atom is -0.480 e. The number of nitrogens with one attached hydrogen (secondary N) is 1. The van der Waals surface area contributed by atoms with Crippen LogP contribution in [0.4, 0.5) is 10.1 Å². The Morgan fingerprint density at radius 2 is 1.68 bits per heavy atom. The number of methoxy groups -OCH3 is 1. The number of halogens is 1. The molecule has 0 unspecified atom stereocenters. The van der Waals surface area contributed by atoms with Crippen LogP contribution in [0.25, 0.3) is 0 Å². The van der Waals surface area contributed by atoms with Crippen molar-refractivity contribution >= 4 is 28.3 Å². The van der Waals surface area contributed by atoms with Gasteiger partial charge in [-0.15, -0.1) is 0 Å². The number of nitrogens with zero attached hydrogens (tertiary/aromatic N) is 1. The van der Waals surface area contributed by atoms with E-state index in [-0.39, 0.29) is 16.5 Å². The number of ether oxygens (including phenoxy) is 1. The first-order chi connectivity index (χ1) is 12.9. The molecule has 28 heavy (non-hydrogen) atoms. The molecule has 1 aromatic carbocycles. The van der Waals surface area contributed by atoms with Crippen LogP contribution in [0.2, 0.25) is 0 Å². The minimum absolute atomic E-state index is 0.0742. The molecular formula is C18H22BFN2O5S. The van der Waals surface area contributed by atoms with Crippen LogP contribution in [0.5, 0.6) is 5.88 Å². The molecular weight excluding hydrogens is 386 g/mol. The zero-order chi connectivity index (χ0) is 20.7. The third-order valence-corrected chi connectivity index (χ3v) is 6.32. The lowest BCUT2D eigenvalue weighted by atomic mass is 9.80. The number of hydrogen-bond donors (Lipinski definition) is 1. The molecule has 150 valence electrons. The number of aromatic nitrogens is 1. The van der Waals surface area contributed by atoms with Gasteiger partial charge in [-0.05, 0) is 58.0 Å². The van der Waals surface area contributed by atoms with Gasteiger partial charge < -0.3 is 14.0 Å². The van der Waals surface area contributed by atoms with Crippen molar-refractivity contribution in [3.63, 3.8) is 0 Å². The summed E-state index contributed by atoms with van der Waals surface area (Å²) in [6.07, 6.45) is 1.46. The van der Waals surface area contributed by atoms with Crippen LogP contribution in [0.3, 0.4) is 0 Å². The fourth-order valence-electron chi connectivity index (χ4n) is 2.63. The van der Waals surface area contributed by atoms with E-state index >= 15 is 0 Å². The third kappa shape index (κ3) is 3.85. The molecule has 0 atom stereocenters. The second-order valence-corrected chi connectivity index (χ2v) is 9.13. The molecule has 0 amide bonds. The van der Waals surface area contributed by atoms with Gasteiger partial charge in [0.25, 0.3) is 10.0 Å². The number of hydrogen-bond acceptors (Lipinski definition) is 6. The molecule has 0 saturated carbocycles. The monoisotopic (exact) mass is 408 g/mol. The summed E-state index contributed by atoms with van der Waals surface area (Å²) >= 11 is 0. The standard InChI is InChI=1S/C18H22BFN2O5S/c1-17(2)18(3,4)27-19(26-17)12-10-15(16(25-5)21-11-12)28(23,24)22-14-8-6-13(20)7-9-14/h6-11,22H,1-5H3. The Hall–Kier alpha value is -2.17. The average Bonchev–Trinajstić information content (AvgIpc) is 2.84. The normalized spacial score (nSPS) is 18.1. The summed E-state index contributed by atoms with van der Waals surface area (Å²) in [5.74, 6) is -0.542. The molecule has 7 nitrogen and oxygen atoms in total. The zero-order valence-corrected chi connectivity index (χ0v) is 17.1. The van der Waals surface area contributed by atoms with Gasteiger partial charge in [0.1, 0.15) is 10.7 Å². The lowest BCUT2D eigenvalue weighted by Gasteiger charge is -2.32. The van der Waals surface area contributed by atoms with Crippen molar-refractivity contribution in [2.24, 2.45) is 0 Å². The van der Waals surface area contributed by atoms with Gasteiger partial charge >= 0.3 is 7.12 Å². The van der Waals surface area contributed by atoms with Crippen molar-refractivity contribution in [3.05, 3.63) is 42.3 Å². The minimum atomic E-state index is -4.05. The molecule has 2 aromatic rings. The van der Waals surface area contributed by atoms with Gasteiger partial charge in [-0.3, -0.25) is 4.72 Å². The second kappa shape index (κ2) is 7.02. The maximum atomic E-state index is 13.1. The Morgan fingerprint density at radius 3 is 2.21 bits per heavy atom. The van der Waals surface area contributed by atoms with Gasteiger partial charge in [-0.25, -0.2) is 17.8 Å². The van der Waals surface area contributed by atoms with E-state index in [1.165, 1.54) is 31.5 Å². The van der Waals surface area contributed by atoms with Gasteiger partial charge in [0, 0.05) is 17.3 Å². The van der Waals surface area contributed by atoms with E-state index in [4.69, 9.17) is 14.0 Å². The molecule has 0 bridgehead atoms. The van der Waals surface area contributed by atoms with Crippen LogP contribution < -0.4 is 14.9 Å². The van der Waals surface area contributed by atoms with Crippen LogP contribution in [-0.2, 0) is 19.3 Å². The molecule has 2 heterocycles. The number of sulfonamides is 1. The first-order valence-electron chi connectivity index (χ1n) is 8.63. The van der Waals surface area contributed by atoms with E-state index in [0.717, 1.165) is 12.1 Å². The molecule has 0 aliphatic carbocycles. The van der Waals surface area contributed by atoms with Crippen LogP contribution in [-0.4, -0.2) is 38.8 Å². The van der Waals surface area contributed by atoms with Gasteiger partial charge in [0.15, 0.2) is 0 Å². The van der Waals surface area contributed by atoms with Crippen molar-refractivity contribution in [2.45, 2.75) is 43.8 Å². The molecule has 1 aliphatic rings. The van der Waals surface area contributed by atoms with E-state index in [9.17, 15) is 12.8 Å². The van der Waals surface area contributed by atoms with Crippen molar-refractivity contribution in [3.8, 4) is 5.88 Å². The van der Waals surface area contributed by atoms with E-state index in [0.29, 0.717) is 5.46 Å². The van der Waals surface area contributed by atoms with Crippen molar-refractivity contribution in [1.82, 2.24) is 4.98 Å². The van der Waals surface area contributed by atoms with E-state index in [1.54, 1.807) is 0 Å². The molecule has 1 aromatic heterocycles. The number of anilines is 1. The first kappa shape index (κ1) is 20.6. The summed E-state index contributed by atoms with van der Waals surface area (Å²) in [7, 11) is -3.50. The largest absolute Gasteiger partial charge is 0.496 e. The second-order valence-electron chi connectivity index (χ2n) is 7.48. The van der Waals surface area contributed by atoms with Crippen molar-refractivity contribution in [2.75, 3.05) is 11.8 Å². The van der Waals surface area contributed by atoms with Gasteiger partial charge in [-0.2, -0.15) is 0 Å². The van der Waals surface area contributed by atoms with Gasteiger partial charge in [0.05, 0.1) is 18.3 Å². The lowest BCUT2D eigenvalue weighted by Crippen LogP contribution is -2.41. The first-order valence-corrected chi connectivity index (χ1v) is 10.1. The predicted octanol–water partition coefficient (Wildman–Crippen LogP) is 2.33. The summed E-state index contributed by atoms with van der Waals surface area (Å²) in [5.41, 5.74) is -0.505. The van der Waals surface area contributed by atoms with Crippen LogP contribution in [0, 0.1) is 5.82 Å². The molecule has 1 N–H and O–H groups in total. The molecule has 1 fully saturated rings. The highest BCUT2D eigenvalue weighted by Gasteiger charge is 2.52. The Morgan fingerprint density at radius 1 is 1.11 bits per heavy atom. The summed E-state index contributed by atoms with van der Waals surface area (Å²) in [6, 6.07) is 6.37. The van der Waals surface area contributed by atoms with E-state index in [1.807, 2.05) is 27.7 Å². The fraction of sp³-hybridized carbons (Fsp3) is 0.389. The van der Waals surface area contributed by atoms with Crippen molar-refractivity contribution < 1.29 is 26.9 Å². The fourth-order valence-corrected chi connectivity index (χ4v) is 3.84. The third-order valence-electron chi connectivity index (χ3n) is 4.94. The van der Waals surface area contributed by atoms with Gasteiger partial charge in [-0.1, -0.05) is 0 Å². The summed E-state index contributed by atoms with van der Waals surface area (Å²) in [4.78, 5) is 3.92. The maximum Gasteiger partial charge on any atom is 0.496 e. The van der Waals surface area contributed by atoms with Crippen LogP contribution in [0.1, 0.15) is 27.7 Å². The Kier molecular flexibility index (Phi) is 5.16. The lowest BCUT2D eigenvalue weighted by molar-refractivity contribution is 0.00578. The Labute approximate surface area is 164 Å². The van der Waals surface area contributed by atoms with E-state index < -0.39 is 34.2 Å². The highest BCUT2D eigenvalue weighted by molar-refractivity contribution is 7.92. The molecule has 10 heteroatoms. The van der Waals surface area contributed by atoms with E-state index in [2.05, 4.69) is 9.71 Å². The van der Waals surface area contributed by atoms with Crippen LogP contribution in [0.15, 0.2) is 41.4 Å². The number of rotatable bonds is 5. The Bertz CT molecular complexity index is 964. The molecule has 1 saturated heterocycles. The molecule has 1 aliphatic heterocycles. The molecule has 3 rings (SSSR count). The summed E-state index contributed by atoms with van der Waals surface area (Å²) in [6.45, 7) is 7.60. The molecule has 0 spiro atoms. The van der Waals surface area contributed by atoms with Gasteiger partial charge in [0.2, 0.25) is 5.88 Å². The number of pyridine rings is 1. The van der Waals surface area contributed by atoms with Crippen LogP contribution >= 0.6 is 0 Å². The van der Waals surface area contributed by atoms with Crippen molar-refractivity contribution in [1.29, 1.82) is 0 Å². The SMILES string of the molecule is COc1ncc(B2OC(C)(C)C(C)(C)O2)cc1S(=O)(=O)Nc1ccc(F)cc1. The quantitative estimate of drug-likeness (QED) is 0.765. The summed E-state index contributed by atoms with van der Waals surface area (Å²) < 4.78 is 58.3. The highest BCUT2D eigenvalue weighted by Crippen LogP contribution is 2.36. The Balaban J connectivity index is 1.96. The summed E-state index contributed by atoms with van der Waals surface area (Å²) in [5, 5.41) is 0. The topological polar surface area (TPSA) is 86.8 Å². The highest BCUT2D eigenvalue weighted by atomic mass is 32.2. The predicted molar refractivity (Wildman–Crippen MR) is 104 cm³/mol. The molecule has 0 radical (unpaired) electrons. The average molecular weight is 408 g/mol. The zero-order valence-electron chi connectivity index (χ0n) is 16.3. The number of benzene rings is 1. The maximum absolute atomic E-state index is 13.1. The smallest absolute Gasteiger partial charge is 0.480 e.